The number of fused-ring (bicyclic) bond motifs is 1. The van der Waals surface area contributed by atoms with Gasteiger partial charge in [0.2, 0.25) is 0 Å². The highest BCUT2D eigenvalue weighted by Crippen LogP contribution is 2.36. The predicted octanol–water partition coefficient (Wildman–Crippen LogP) is 6.42. The molecule has 0 saturated carbocycles. The number of nitrogens with one attached hydrogen (secondary N) is 1. The van der Waals surface area contributed by atoms with Gasteiger partial charge < -0.3 is 15.3 Å². The third-order valence-corrected chi connectivity index (χ3v) is 6.46. The van der Waals surface area contributed by atoms with Gasteiger partial charge in [0.15, 0.2) is 5.13 Å². The van der Waals surface area contributed by atoms with Gasteiger partial charge in [-0.05, 0) is 55.5 Å². The standard InChI is InChI=1S/C26H20F3N5O2S/c1-16-23(33-13-5-4-8-22(33)30-16)20-14-37-25(32-20)34(15-26(27,28)29)18-11-9-17(10-12-18)24(36)31-19-6-2-3-7-21(19)35/h2-14,35H,15H2,1H3,(H,31,36). The molecule has 3 heterocycles. The van der Waals surface area contributed by atoms with Crippen molar-refractivity contribution in [2.24, 2.45) is 0 Å². The summed E-state index contributed by atoms with van der Waals surface area (Å²) in [4.78, 5) is 22.7. The zero-order chi connectivity index (χ0) is 26.2. The number of nitrogens with zero attached hydrogens (tertiary/aromatic N) is 4. The Hall–Kier alpha value is -4.38. The average molecular weight is 524 g/mol. The van der Waals surface area contributed by atoms with Crippen LogP contribution in [0.4, 0.5) is 29.7 Å². The SMILES string of the molecule is Cc1nc2ccccn2c1-c1csc(N(CC(F)(F)F)c2ccc(C(=O)Nc3ccccc3O)cc2)n1. The molecule has 0 saturated heterocycles. The number of imidazole rings is 1. The number of thiazole rings is 1. The van der Waals surface area contributed by atoms with E-state index >= 15 is 0 Å². The summed E-state index contributed by atoms with van der Waals surface area (Å²) in [7, 11) is 0. The molecule has 188 valence electrons. The summed E-state index contributed by atoms with van der Waals surface area (Å²) in [5, 5.41) is 14.3. The number of carbonyl (C=O) groups is 1. The topological polar surface area (TPSA) is 82.8 Å². The van der Waals surface area contributed by atoms with Crippen molar-refractivity contribution in [2.75, 3.05) is 16.8 Å². The first-order chi connectivity index (χ1) is 17.7. The van der Waals surface area contributed by atoms with E-state index < -0.39 is 18.6 Å². The molecule has 5 rings (SSSR count). The predicted molar refractivity (Wildman–Crippen MR) is 137 cm³/mol. The number of rotatable bonds is 6. The smallest absolute Gasteiger partial charge is 0.406 e. The van der Waals surface area contributed by atoms with Crippen molar-refractivity contribution in [1.29, 1.82) is 0 Å². The summed E-state index contributed by atoms with van der Waals surface area (Å²) in [6.45, 7) is 0.573. The van der Waals surface area contributed by atoms with Crippen LogP contribution in [0, 0.1) is 6.92 Å². The zero-order valence-corrected chi connectivity index (χ0v) is 20.2. The van der Waals surface area contributed by atoms with Gasteiger partial charge in [-0.15, -0.1) is 11.3 Å². The number of hydrogen-bond acceptors (Lipinski definition) is 6. The van der Waals surface area contributed by atoms with Crippen molar-refractivity contribution in [3.8, 4) is 17.1 Å². The van der Waals surface area contributed by atoms with Crippen molar-refractivity contribution in [2.45, 2.75) is 13.1 Å². The maximum atomic E-state index is 13.6. The number of anilines is 3. The zero-order valence-electron chi connectivity index (χ0n) is 19.4. The highest BCUT2D eigenvalue weighted by atomic mass is 32.1. The van der Waals surface area contributed by atoms with Crippen LogP contribution in [0.25, 0.3) is 17.0 Å². The van der Waals surface area contributed by atoms with Gasteiger partial charge in [-0.1, -0.05) is 18.2 Å². The molecule has 5 aromatic rings. The fraction of sp³-hybridized carbons (Fsp3) is 0.115. The maximum Gasteiger partial charge on any atom is 0.406 e. The molecule has 0 fully saturated rings. The minimum absolute atomic E-state index is 0.0930. The van der Waals surface area contributed by atoms with Crippen LogP contribution in [0.1, 0.15) is 16.1 Å². The lowest BCUT2D eigenvalue weighted by Gasteiger charge is -2.23. The Balaban J connectivity index is 1.45. The summed E-state index contributed by atoms with van der Waals surface area (Å²) in [6, 6.07) is 17.5. The fourth-order valence-corrected chi connectivity index (χ4v) is 4.76. The molecule has 11 heteroatoms. The van der Waals surface area contributed by atoms with Crippen molar-refractivity contribution < 1.29 is 23.1 Å². The molecular weight excluding hydrogens is 503 g/mol. The molecule has 0 spiro atoms. The number of amides is 1. The molecule has 1 amide bonds. The first-order valence-electron chi connectivity index (χ1n) is 11.1. The van der Waals surface area contributed by atoms with E-state index in [1.54, 1.807) is 17.5 Å². The second-order valence-corrected chi connectivity index (χ2v) is 9.05. The maximum absolute atomic E-state index is 13.6. The van der Waals surface area contributed by atoms with E-state index in [2.05, 4.69) is 15.3 Å². The number of benzene rings is 2. The number of phenols is 1. The van der Waals surface area contributed by atoms with Crippen LogP contribution in [0.15, 0.2) is 78.3 Å². The van der Waals surface area contributed by atoms with Crippen LogP contribution < -0.4 is 10.2 Å². The number of carbonyl (C=O) groups excluding carboxylic acids is 1. The Labute approximate surface area is 213 Å². The van der Waals surface area contributed by atoms with Gasteiger partial charge in [0.05, 0.1) is 17.1 Å². The van der Waals surface area contributed by atoms with Crippen molar-refractivity contribution in [1.82, 2.24) is 14.4 Å². The molecule has 2 N–H and O–H groups in total. The highest BCUT2D eigenvalue weighted by Gasteiger charge is 2.33. The molecule has 0 radical (unpaired) electrons. The minimum atomic E-state index is -4.49. The second-order valence-electron chi connectivity index (χ2n) is 8.21. The molecule has 2 aromatic carbocycles. The van der Waals surface area contributed by atoms with Crippen LogP contribution in [0.2, 0.25) is 0 Å². The number of pyridine rings is 1. The first-order valence-corrected chi connectivity index (χ1v) is 12.0. The van der Waals surface area contributed by atoms with Crippen LogP contribution in [-0.2, 0) is 0 Å². The molecule has 0 aliphatic rings. The number of alkyl halides is 3. The number of hydrogen-bond donors (Lipinski definition) is 2. The van der Waals surface area contributed by atoms with Crippen LogP contribution in [0.3, 0.4) is 0 Å². The Morgan fingerprint density at radius 2 is 1.78 bits per heavy atom. The van der Waals surface area contributed by atoms with Crippen LogP contribution in [-0.4, -0.2) is 38.1 Å². The van der Waals surface area contributed by atoms with Crippen LogP contribution >= 0.6 is 11.3 Å². The minimum Gasteiger partial charge on any atom is -0.506 e. The quantitative estimate of drug-likeness (QED) is 0.251. The Kier molecular flexibility index (Phi) is 6.30. The molecule has 0 atom stereocenters. The van der Waals surface area contributed by atoms with Gasteiger partial charge in [-0.25, -0.2) is 9.97 Å². The second kappa shape index (κ2) is 9.58. The van der Waals surface area contributed by atoms with Crippen molar-refractivity contribution >= 4 is 39.4 Å². The van der Waals surface area contributed by atoms with Gasteiger partial charge in [-0.3, -0.25) is 9.20 Å². The molecule has 7 nitrogen and oxygen atoms in total. The fourth-order valence-electron chi connectivity index (χ4n) is 3.93. The van der Waals surface area contributed by atoms with E-state index in [4.69, 9.17) is 0 Å². The van der Waals surface area contributed by atoms with Gasteiger partial charge >= 0.3 is 6.18 Å². The monoisotopic (exact) mass is 523 g/mol. The van der Waals surface area contributed by atoms with E-state index in [0.29, 0.717) is 17.1 Å². The lowest BCUT2D eigenvalue weighted by molar-refractivity contribution is -0.118. The summed E-state index contributed by atoms with van der Waals surface area (Å²) < 4.78 is 42.5. The summed E-state index contributed by atoms with van der Waals surface area (Å²) >= 11 is 1.09. The summed E-state index contributed by atoms with van der Waals surface area (Å²) in [5.74, 6) is -0.598. The largest absolute Gasteiger partial charge is 0.506 e. The van der Waals surface area contributed by atoms with E-state index in [1.165, 1.54) is 36.4 Å². The lowest BCUT2D eigenvalue weighted by atomic mass is 10.1. The summed E-state index contributed by atoms with van der Waals surface area (Å²) in [6.07, 6.45) is -2.66. The average Bonchev–Trinajstić information content (AvgIpc) is 3.47. The molecule has 0 aliphatic carbocycles. The molecule has 0 bridgehead atoms. The Bertz CT molecular complexity index is 1580. The third kappa shape index (κ3) is 5.12. The normalized spacial score (nSPS) is 11.6. The van der Waals surface area contributed by atoms with E-state index in [9.17, 15) is 23.1 Å². The number of para-hydroxylation sites is 2. The van der Waals surface area contributed by atoms with Gasteiger partial charge in [0, 0.05) is 22.8 Å². The number of halogens is 3. The van der Waals surface area contributed by atoms with Gasteiger partial charge in [0.1, 0.15) is 23.6 Å². The number of aryl methyl sites for hydroxylation is 1. The van der Waals surface area contributed by atoms with Gasteiger partial charge in [0.25, 0.3) is 5.91 Å². The van der Waals surface area contributed by atoms with E-state index in [0.717, 1.165) is 21.9 Å². The number of phenolic OH excluding ortho intramolecular Hbond substituents is 1. The Morgan fingerprint density at radius 1 is 1.05 bits per heavy atom. The van der Waals surface area contributed by atoms with Crippen molar-refractivity contribution in [3.63, 3.8) is 0 Å². The molecule has 37 heavy (non-hydrogen) atoms. The van der Waals surface area contributed by atoms with E-state index in [1.807, 2.05) is 35.7 Å². The number of aromatic nitrogens is 3. The number of aromatic hydroxyl groups is 1. The highest BCUT2D eigenvalue weighted by molar-refractivity contribution is 7.14. The molecule has 0 unspecified atom stereocenters. The van der Waals surface area contributed by atoms with E-state index in [-0.39, 0.29) is 27.8 Å². The lowest BCUT2D eigenvalue weighted by Crippen LogP contribution is -2.30. The van der Waals surface area contributed by atoms with Crippen molar-refractivity contribution in [3.05, 3.63) is 89.6 Å². The van der Waals surface area contributed by atoms with Gasteiger partial charge in [-0.2, -0.15) is 13.2 Å². The Morgan fingerprint density at radius 3 is 2.51 bits per heavy atom. The summed E-state index contributed by atoms with van der Waals surface area (Å²) in [5.41, 5.74) is 3.34. The first kappa shape index (κ1) is 24.3. The third-order valence-electron chi connectivity index (χ3n) is 5.60. The molecular formula is C26H20F3N5O2S. The molecule has 0 aliphatic heterocycles. The van der Waals surface area contributed by atoms with Crippen LogP contribution in [0.5, 0.6) is 5.75 Å². The molecule has 3 aromatic heterocycles.